The van der Waals surface area contributed by atoms with Gasteiger partial charge in [0.2, 0.25) is 0 Å². The van der Waals surface area contributed by atoms with E-state index in [0.717, 1.165) is 61.4 Å². The number of rotatable bonds is 8. The molecule has 24 heavy (non-hydrogen) atoms. The first-order valence-electron chi connectivity index (χ1n) is 8.27. The van der Waals surface area contributed by atoms with Crippen LogP contribution >= 0.6 is 12.2 Å². The summed E-state index contributed by atoms with van der Waals surface area (Å²) in [5.74, 6) is 0.865. The van der Waals surface area contributed by atoms with Crippen molar-refractivity contribution in [3.05, 3.63) is 12.7 Å². The van der Waals surface area contributed by atoms with Crippen LogP contribution in [0.2, 0.25) is 0 Å². The van der Waals surface area contributed by atoms with E-state index in [2.05, 4.69) is 26.8 Å². The predicted molar refractivity (Wildman–Crippen MR) is 94.4 cm³/mol. The van der Waals surface area contributed by atoms with Gasteiger partial charge >= 0.3 is 0 Å². The van der Waals surface area contributed by atoms with Crippen molar-refractivity contribution in [2.24, 2.45) is 5.14 Å². The number of hydrogen-bond donors (Lipinski definition) is 1. The molecule has 1 saturated heterocycles. The summed E-state index contributed by atoms with van der Waals surface area (Å²) < 4.78 is 13.2. The van der Waals surface area contributed by atoms with Gasteiger partial charge in [-0.1, -0.05) is 13.3 Å². The summed E-state index contributed by atoms with van der Waals surface area (Å²) in [6.45, 7) is 3.62. The van der Waals surface area contributed by atoms with Crippen LogP contribution in [0.5, 0.6) is 0 Å². The molecule has 132 valence electrons. The van der Waals surface area contributed by atoms with E-state index in [0.29, 0.717) is 6.61 Å². The molecule has 1 aliphatic heterocycles. The lowest BCUT2D eigenvalue weighted by Crippen LogP contribution is -2.20. The summed E-state index contributed by atoms with van der Waals surface area (Å²) in [5.41, 5.74) is 1.63. The highest BCUT2D eigenvalue weighted by atomic mass is 32.2. The van der Waals surface area contributed by atoms with Gasteiger partial charge in [0.05, 0.1) is 31.3 Å². The summed E-state index contributed by atoms with van der Waals surface area (Å²) in [7, 11) is 2.04. The van der Waals surface area contributed by atoms with Crippen molar-refractivity contribution in [1.82, 2.24) is 19.5 Å². The largest absolute Gasteiger partial charge is 0.358 e. The van der Waals surface area contributed by atoms with Crippen molar-refractivity contribution >= 4 is 29.2 Å². The third-order valence-electron chi connectivity index (χ3n) is 4.27. The molecule has 2 N–H and O–H groups in total. The Kier molecular flexibility index (Phi) is 5.88. The lowest BCUT2D eigenvalue weighted by atomic mass is 10.2. The quantitative estimate of drug-likeness (QED) is 0.571. The van der Waals surface area contributed by atoms with Crippen LogP contribution in [0.15, 0.2) is 12.7 Å². The maximum Gasteiger partial charge on any atom is 0.167 e. The molecule has 2 atom stereocenters. The fourth-order valence-corrected chi connectivity index (χ4v) is 3.19. The van der Waals surface area contributed by atoms with E-state index in [4.69, 9.17) is 14.1 Å². The van der Waals surface area contributed by atoms with Crippen molar-refractivity contribution in [2.45, 2.75) is 44.9 Å². The first-order chi connectivity index (χ1) is 11.7. The average Bonchev–Trinajstić information content (AvgIpc) is 3.23. The van der Waals surface area contributed by atoms with Gasteiger partial charge in [-0.05, 0) is 19.3 Å². The Hall–Kier alpha value is -1.42. The van der Waals surface area contributed by atoms with Gasteiger partial charge in [0.15, 0.2) is 17.0 Å². The Morgan fingerprint density at radius 1 is 1.42 bits per heavy atom. The molecule has 0 radical (unpaired) electrons. The fourth-order valence-electron chi connectivity index (χ4n) is 2.96. The zero-order valence-corrected chi connectivity index (χ0v) is 14.9. The van der Waals surface area contributed by atoms with E-state index in [1.807, 2.05) is 11.6 Å². The number of anilines is 1. The highest BCUT2D eigenvalue weighted by Crippen LogP contribution is 2.32. The molecular formula is C15H24N6O2S. The number of nitrogens with two attached hydrogens (primary N) is 1. The molecule has 0 aromatic carbocycles. The monoisotopic (exact) mass is 352 g/mol. The number of imidazole rings is 1. The minimum atomic E-state index is -0.0740. The van der Waals surface area contributed by atoms with Crippen LogP contribution in [0.25, 0.3) is 11.2 Å². The summed E-state index contributed by atoms with van der Waals surface area (Å²) >= 11 is 0.876. The highest BCUT2D eigenvalue weighted by molar-refractivity contribution is 7.92. The Bertz CT molecular complexity index is 666. The molecule has 2 aromatic rings. The molecule has 0 saturated carbocycles. The Balaban J connectivity index is 1.79. The zero-order chi connectivity index (χ0) is 16.9. The first-order valence-corrected chi connectivity index (χ1v) is 9.07. The van der Waals surface area contributed by atoms with Gasteiger partial charge in [-0.25, -0.2) is 15.0 Å². The van der Waals surface area contributed by atoms with E-state index in [9.17, 15) is 0 Å². The second-order valence-corrected chi connectivity index (χ2v) is 6.40. The van der Waals surface area contributed by atoms with Crippen molar-refractivity contribution in [2.75, 3.05) is 25.1 Å². The van der Waals surface area contributed by atoms with E-state index in [-0.39, 0.29) is 12.3 Å². The molecule has 2 unspecified atom stereocenters. The van der Waals surface area contributed by atoms with Crippen LogP contribution in [-0.4, -0.2) is 45.8 Å². The lowest BCUT2D eigenvalue weighted by Gasteiger charge is -2.18. The van der Waals surface area contributed by atoms with Crippen molar-refractivity contribution in [3.63, 3.8) is 0 Å². The maximum atomic E-state index is 6.04. The van der Waals surface area contributed by atoms with Gasteiger partial charge in [0.1, 0.15) is 12.6 Å². The molecule has 0 amide bonds. The second kappa shape index (κ2) is 8.11. The minimum absolute atomic E-state index is 0.0528. The zero-order valence-electron chi connectivity index (χ0n) is 14.1. The Labute approximate surface area is 146 Å². The smallest absolute Gasteiger partial charge is 0.167 e. The molecule has 1 fully saturated rings. The lowest BCUT2D eigenvalue weighted by molar-refractivity contribution is -0.0128. The third kappa shape index (κ3) is 3.64. The molecular weight excluding hydrogens is 328 g/mol. The van der Waals surface area contributed by atoms with Crippen LogP contribution in [0, 0.1) is 0 Å². The van der Waals surface area contributed by atoms with Gasteiger partial charge in [0, 0.05) is 13.6 Å². The van der Waals surface area contributed by atoms with E-state index in [1.165, 1.54) is 0 Å². The van der Waals surface area contributed by atoms with Gasteiger partial charge in [-0.15, -0.1) is 0 Å². The summed E-state index contributed by atoms with van der Waals surface area (Å²) in [4.78, 5) is 15.5. The van der Waals surface area contributed by atoms with Crippen LogP contribution in [0.3, 0.4) is 0 Å². The number of nitrogens with zero attached hydrogens (tertiary/aromatic N) is 5. The second-order valence-electron chi connectivity index (χ2n) is 5.97. The fraction of sp³-hybridized carbons (Fsp3) is 0.667. The predicted octanol–water partition coefficient (Wildman–Crippen LogP) is 2.28. The molecule has 2 aromatic heterocycles. The molecule has 8 nitrogen and oxygen atoms in total. The number of unbranched alkanes of at least 4 members (excludes halogenated alkanes) is 1. The Morgan fingerprint density at radius 3 is 3.08 bits per heavy atom. The third-order valence-corrected chi connectivity index (χ3v) is 4.54. The first kappa shape index (κ1) is 17.4. The number of hydrogen-bond acceptors (Lipinski definition) is 8. The van der Waals surface area contributed by atoms with Crippen molar-refractivity contribution in [3.8, 4) is 0 Å². The van der Waals surface area contributed by atoms with Gasteiger partial charge in [0.25, 0.3) is 0 Å². The van der Waals surface area contributed by atoms with Crippen molar-refractivity contribution < 1.29 is 8.92 Å². The molecule has 0 spiro atoms. The number of aromatic nitrogens is 4. The van der Waals surface area contributed by atoms with Gasteiger partial charge < -0.3 is 9.64 Å². The van der Waals surface area contributed by atoms with Crippen LogP contribution < -0.4 is 10.0 Å². The van der Waals surface area contributed by atoms with E-state index < -0.39 is 0 Å². The average molecular weight is 352 g/mol. The standard InChI is InChI=1S/C15H24N6O2S/c1-3-4-7-20(2)14-13-15(18-9-17-14)21(10-19-13)12-6-5-11(23-12)8-22-24-16/h9-12H,3-8,16H2,1-2H3. The molecule has 3 rings (SSSR count). The van der Waals surface area contributed by atoms with E-state index in [1.54, 1.807) is 12.7 Å². The maximum absolute atomic E-state index is 6.04. The molecule has 0 aliphatic carbocycles. The van der Waals surface area contributed by atoms with Gasteiger partial charge in [-0.2, -0.15) is 0 Å². The molecule has 9 heteroatoms. The normalized spacial score (nSPS) is 20.8. The topological polar surface area (TPSA) is 91.3 Å². The number of ether oxygens (including phenoxy) is 1. The van der Waals surface area contributed by atoms with Crippen LogP contribution in [0.1, 0.15) is 38.8 Å². The highest BCUT2D eigenvalue weighted by Gasteiger charge is 2.28. The summed E-state index contributed by atoms with van der Waals surface area (Å²) in [5, 5.41) is 5.29. The van der Waals surface area contributed by atoms with E-state index >= 15 is 0 Å². The molecule has 1 aliphatic rings. The summed E-state index contributed by atoms with van der Waals surface area (Å²) in [6, 6.07) is 0. The van der Waals surface area contributed by atoms with Crippen LogP contribution in [-0.2, 0) is 8.92 Å². The minimum Gasteiger partial charge on any atom is -0.358 e. The van der Waals surface area contributed by atoms with Crippen LogP contribution in [0.4, 0.5) is 5.82 Å². The number of fused-ring (bicyclic) bond motifs is 1. The molecule has 3 heterocycles. The van der Waals surface area contributed by atoms with Crippen molar-refractivity contribution in [1.29, 1.82) is 0 Å². The SMILES string of the molecule is CCCCN(C)c1ncnc2c1ncn2C1CCC(COSN)O1. The summed E-state index contributed by atoms with van der Waals surface area (Å²) in [6.07, 6.45) is 7.47. The molecule has 0 bridgehead atoms. The van der Waals surface area contributed by atoms with Gasteiger partial charge in [-0.3, -0.25) is 13.9 Å². The Morgan fingerprint density at radius 2 is 2.29 bits per heavy atom.